The fourth-order valence-corrected chi connectivity index (χ4v) is 3.51. The van der Waals surface area contributed by atoms with Crippen molar-refractivity contribution in [2.24, 2.45) is 0 Å². The first kappa shape index (κ1) is 15.4. The van der Waals surface area contributed by atoms with Crippen LogP contribution in [-0.4, -0.2) is 18.4 Å². The molecular weight excluding hydrogens is 268 g/mol. The highest BCUT2D eigenvalue weighted by Gasteiger charge is 2.32. The van der Waals surface area contributed by atoms with Crippen molar-refractivity contribution >= 4 is 5.84 Å². The van der Waals surface area contributed by atoms with Gasteiger partial charge in [-0.3, -0.25) is 10.3 Å². The first-order chi connectivity index (χ1) is 9.43. The van der Waals surface area contributed by atoms with Gasteiger partial charge in [0, 0.05) is 12.3 Å². The first-order valence-electron chi connectivity index (χ1n) is 7.84. The van der Waals surface area contributed by atoms with E-state index in [-0.39, 0.29) is 12.4 Å². The molecule has 0 unspecified atom stereocenters. The van der Waals surface area contributed by atoms with E-state index in [4.69, 9.17) is 0 Å². The molecule has 1 aliphatic carbocycles. The Bertz CT molecular complexity index is 430. The SMILES string of the molecule is [Cl-].c1ccc([C@@H]2CCC[C@@H]2NC2=[NH+]CCCCC2)cc1. The number of rotatable bonds is 2. The standard InChI is InChI=1S/C17H24N2.ClH/c1-3-8-14(9-4-1)15-10-7-11-16(15)19-17-12-5-2-6-13-18-17;/h1,3-4,8-9,15-16H,2,5-7,10-13H2,(H,18,19);1H/t15-,16-;/m0./s1. The van der Waals surface area contributed by atoms with Crippen molar-refractivity contribution in [1.29, 1.82) is 0 Å². The molecule has 2 aliphatic rings. The predicted molar refractivity (Wildman–Crippen MR) is 79.3 cm³/mol. The van der Waals surface area contributed by atoms with Crippen LogP contribution in [0.3, 0.4) is 0 Å². The van der Waals surface area contributed by atoms with Crippen LogP contribution in [0.1, 0.15) is 56.4 Å². The predicted octanol–water partition coefficient (Wildman–Crippen LogP) is -1.03. The molecule has 1 aliphatic heterocycles. The van der Waals surface area contributed by atoms with E-state index in [1.54, 1.807) is 0 Å². The van der Waals surface area contributed by atoms with Crippen LogP contribution in [0.2, 0.25) is 0 Å². The molecule has 3 rings (SSSR count). The maximum Gasteiger partial charge on any atom is 0.242 e. The average Bonchev–Trinajstić information content (AvgIpc) is 2.75. The van der Waals surface area contributed by atoms with Gasteiger partial charge in [-0.15, -0.1) is 0 Å². The number of hydrogen-bond acceptors (Lipinski definition) is 1. The summed E-state index contributed by atoms with van der Waals surface area (Å²) in [7, 11) is 0. The molecule has 1 heterocycles. The summed E-state index contributed by atoms with van der Waals surface area (Å²) in [6.07, 6.45) is 9.21. The fourth-order valence-electron chi connectivity index (χ4n) is 3.51. The van der Waals surface area contributed by atoms with Crippen LogP contribution >= 0.6 is 0 Å². The Morgan fingerprint density at radius 3 is 2.65 bits per heavy atom. The van der Waals surface area contributed by atoms with Gasteiger partial charge in [-0.05, 0) is 44.1 Å². The topological polar surface area (TPSA) is 26.0 Å². The van der Waals surface area contributed by atoms with Gasteiger partial charge in [-0.25, -0.2) is 0 Å². The number of hydrogen-bond donors (Lipinski definition) is 2. The van der Waals surface area contributed by atoms with Crippen molar-refractivity contribution in [3.05, 3.63) is 35.9 Å². The van der Waals surface area contributed by atoms with Gasteiger partial charge in [0.25, 0.3) is 0 Å². The zero-order valence-corrected chi connectivity index (χ0v) is 12.8. The number of halogens is 1. The molecule has 20 heavy (non-hydrogen) atoms. The minimum absolute atomic E-state index is 0. The van der Waals surface area contributed by atoms with E-state index in [1.165, 1.54) is 56.3 Å². The molecule has 3 heteroatoms. The van der Waals surface area contributed by atoms with Gasteiger partial charge >= 0.3 is 0 Å². The lowest BCUT2D eigenvalue weighted by Crippen LogP contribution is -3.00. The van der Waals surface area contributed by atoms with Crippen molar-refractivity contribution in [3.63, 3.8) is 0 Å². The maximum absolute atomic E-state index is 3.81. The van der Waals surface area contributed by atoms with Gasteiger partial charge in [-0.2, -0.15) is 0 Å². The van der Waals surface area contributed by atoms with Crippen LogP contribution in [0.15, 0.2) is 30.3 Å². The van der Waals surface area contributed by atoms with Gasteiger partial charge in [-0.1, -0.05) is 30.3 Å². The molecule has 2 N–H and O–H groups in total. The third-order valence-corrected chi connectivity index (χ3v) is 4.55. The molecule has 0 amide bonds. The molecule has 0 radical (unpaired) electrons. The van der Waals surface area contributed by atoms with Crippen molar-refractivity contribution < 1.29 is 17.4 Å². The van der Waals surface area contributed by atoms with Crippen LogP contribution in [0, 0.1) is 0 Å². The highest BCUT2D eigenvalue weighted by molar-refractivity contribution is 5.77. The molecule has 0 saturated heterocycles. The van der Waals surface area contributed by atoms with E-state index in [9.17, 15) is 0 Å². The zero-order chi connectivity index (χ0) is 12.9. The number of benzene rings is 1. The quantitative estimate of drug-likeness (QED) is 0.716. The summed E-state index contributed by atoms with van der Waals surface area (Å²) in [5.41, 5.74) is 1.51. The summed E-state index contributed by atoms with van der Waals surface area (Å²) in [5, 5.41) is 3.81. The van der Waals surface area contributed by atoms with Gasteiger partial charge in [0.2, 0.25) is 5.84 Å². The molecule has 2 nitrogen and oxygen atoms in total. The molecule has 2 atom stereocenters. The summed E-state index contributed by atoms with van der Waals surface area (Å²) in [6, 6.07) is 11.7. The molecule has 1 aromatic carbocycles. The number of amidine groups is 1. The third-order valence-electron chi connectivity index (χ3n) is 4.55. The lowest BCUT2D eigenvalue weighted by molar-refractivity contribution is -0.460. The second-order valence-electron chi connectivity index (χ2n) is 5.91. The van der Waals surface area contributed by atoms with E-state index in [0.29, 0.717) is 12.0 Å². The lowest BCUT2D eigenvalue weighted by Gasteiger charge is -2.18. The largest absolute Gasteiger partial charge is 1.00 e. The molecule has 1 fully saturated rings. The van der Waals surface area contributed by atoms with E-state index >= 15 is 0 Å². The molecule has 0 bridgehead atoms. The summed E-state index contributed by atoms with van der Waals surface area (Å²) in [4.78, 5) is 3.59. The molecular formula is C17H25ClN2. The zero-order valence-electron chi connectivity index (χ0n) is 12.1. The Morgan fingerprint density at radius 2 is 1.80 bits per heavy atom. The van der Waals surface area contributed by atoms with Gasteiger partial charge in [0.1, 0.15) is 6.04 Å². The fraction of sp³-hybridized carbons (Fsp3) is 0.588. The Labute approximate surface area is 128 Å². The Hall–Kier alpha value is -1.02. The second kappa shape index (κ2) is 7.68. The van der Waals surface area contributed by atoms with Gasteiger partial charge in [0.05, 0.1) is 6.54 Å². The highest BCUT2D eigenvalue weighted by Crippen LogP contribution is 2.34. The van der Waals surface area contributed by atoms with Gasteiger partial charge < -0.3 is 12.4 Å². The normalized spacial score (nSPS) is 26.3. The minimum Gasteiger partial charge on any atom is -1.00 e. The molecule has 0 aromatic heterocycles. The van der Waals surface area contributed by atoms with E-state index in [1.807, 2.05) is 0 Å². The van der Waals surface area contributed by atoms with Crippen LogP contribution in [-0.2, 0) is 0 Å². The van der Waals surface area contributed by atoms with Crippen LogP contribution < -0.4 is 22.7 Å². The molecule has 110 valence electrons. The monoisotopic (exact) mass is 292 g/mol. The number of nitrogens with one attached hydrogen (secondary N) is 2. The van der Waals surface area contributed by atoms with Crippen LogP contribution in [0.5, 0.6) is 0 Å². The van der Waals surface area contributed by atoms with Crippen molar-refractivity contribution in [1.82, 2.24) is 5.32 Å². The van der Waals surface area contributed by atoms with E-state index in [0.717, 1.165) is 6.54 Å². The third kappa shape index (κ3) is 3.76. The second-order valence-corrected chi connectivity index (χ2v) is 5.91. The van der Waals surface area contributed by atoms with Crippen molar-refractivity contribution in [2.45, 2.75) is 56.9 Å². The van der Waals surface area contributed by atoms with Crippen LogP contribution in [0.25, 0.3) is 0 Å². The summed E-state index contributed by atoms with van der Waals surface area (Å²) < 4.78 is 0. The van der Waals surface area contributed by atoms with E-state index < -0.39 is 0 Å². The van der Waals surface area contributed by atoms with Crippen LogP contribution in [0.4, 0.5) is 0 Å². The van der Waals surface area contributed by atoms with Gasteiger partial charge in [0.15, 0.2) is 0 Å². The first-order valence-corrected chi connectivity index (χ1v) is 7.84. The Balaban J connectivity index is 0.00000147. The smallest absolute Gasteiger partial charge is 0.242 e. The average molecular weight is 293 g/mol. The molecule has 0 spiro atoms. The Morgan fingerprint density at radius 1 is 0.950 bits per heavy atom. The van der Waals surface area contributed by atoms with Crippen molar-refractivity contribution in [3.8, 4) is 0 Å². The molecule has 1 aromatic rings. The lowest BCUT2D eigenvalue weighted by atomic mass is 9.94. The van der Waals surface area contributed by atoms with Crippen molar-refractivity contribution in [2.75, 3.05) is 6.54 Å². The molecule has 1 saturated carbocycles. The highest BCUT2D eigenvalue weighted by atomic mass is 35.5. The Kier molecular flexibility index (Phi) is 5.90. The summed E-state index contributed by atoms with van der Waals surface area (Å²) >= 11 is 0. The maximum atomic E-state index is 3.81. The summed E-state index contributed by atoms with van der Waals surface area (Å²) in [5.74, 6) is 2.09. The van der Waals surface area contributed by atoms with E-state index in [2.05, 4.69) is 40.6 Å². The minimum atomic E-state index is 0. The summed E-state index contributed by atoms with van der Waals surface area (Å²) in [6.45, 7) is 1.14.